The third kappa shape index (κ3) is 3.12. The molecule has 2 unspecified atom stereocenters. The van der Waals surface area contributed by atoms with Gasteiger partial charge in [-0.1, -0.05) is 25.9 Å². The first-order chi connectivity index (χ1) is 9.97. The van der Waals surface area contributed by atoms with Crippen LogP contribution in [0.1, 0.15) is 38.5 Å². The molecule has 1 N–H and O–H groups in total. The number of fused-ring (bicyclic) bond motifs is 3. The smallest absolute Gasteiger partial charge is 0.228 e. The van der Waals surface area contributed by atoms with Crippen LogP contribution in [0.2, 0.25) is 0 Å². The Morgan fingerprint density at radius 1 is 1.29 bits per heavy atom. The summed E-state index contributed by atoms with van der Waals surface area (Å²) in [5.74, 6) is 1.61. The molecule has 118 valence electrons. The van der Waals surface area contributed by atoms with Crippen LogP contribution in [-0.4, -0.2) is 65.8 Å². The minimum Gasteiger partial charge on any atom is -0.339 e. The second-order valence-electron chi connectivity index (χ2n) is 7.31. The molecule has 0 radical (unpaired) electrons. The van der Waals surface area contributed by atoms with E-state index < -0.39 is 0 Å². The molecule has 4 heterocycles. The summed E-state index contributed by atoms with van der Waals surface area (Å²) in [4.78, 5) is 9.64. The van der Waals surface area contributed by atoms with Gasteiger partial charge in [-0.05, 0) is 12.5 Å². The van der Waals surface area contributed by atoms with Gasteiger partial charge in [0.15, 0.2) is 5.82 Å². The van der Waals surface area contributed by atoms with Gasteiger partial charge >= 0.3 is 0 Å². The third-order valence-electron chi connectivity index (χ3n) is 4.83. The minimum atomic E-state index is 0.169. The van der Waals surface area contributed by atoms with Crippen LogP contribution in [-0.2, 0) is 6.42 Å². The molecule has 0 aromatic carbocycles. The molecule has 3 aliphatic heterocycles. The monoisotopic (exact) mass is 293 g/mol. The van der Waals surface area contributed by atoms with Gasteiger partial charge in [-0.3, -0.25) is 9.80 Å². The van der Waals surface area contributed by atoms with E-state index in [1.54, 1.807) is 0 Å². The van der Waals surface area contributed by atoms with Gasteiger partial charge < -0.3 is 9.84 Å². The number of aromatic nitrogens is 2. The minimum absolute atomic E-state index is 0.169. The zero-order valence-corrected chi connectivity index (χ0v) is 13.6. The van der Waals surface area contributed by atoms with Gasteiger partial charge in [0.25, 0.3) is 0 Å². The van der Waals surface area contributed by atoms with E-state index in [1.807, 2.05) is 7.05 Å². The molecule has 0 aliphatic carbocycles. The van der Waals surface area contributed by atoms with Crippen molar-refractivity contribution in [1.82, 2.24) is 25.3 Å². The van der Waals surface area contributed by atoms with Gasteiger partial charge in [-0.25, -0.2) is 0 Å². The summed E-state index contributed by atoms with van der Waals surface area (Å²) < 4.78 is 5.51. The Balaban J connectivity index is 1.69. The van der Waals surface area contributed by atoms with Crippen LogP contribution in [0, 0.1) is 5.41 Å². The van der Waals surface area contributed by atoms with Crippen LogP contribution < -0.4 is 5.32 Å². The van der Waals surface area contributed by atoms with Crippen molar-refractivity contribution in [2.45, 2.75) is 39.3 Å². The standard InChI is InChI=1S/C15H27N5O/c1-15(2,3)12(16-4)9-13-17-14(18-21-13)11-10-19-5-7-20(11)8-6-19/h11-12,16H,5-10H2,1-4H3. The first-order valence-electron chi connectivity index (χ1n) is 7.93. The molecule has 4 rings (SSSR count). The number of hydrogen-bond donors (Lipinski definition) is 1. The lowest BCUT2D eigenvalue weighted by Crippen LogP contribution is -2.57. The van der Waals surface area contributed by atoms with Crippen molar-refractivity contribution in [3.8, 4) is 0 Å². The fourth-order valence-electron chi connectivity index (χ4n) is 3.36. The lowest BCUT2D eigenvalue weighted by atomic mass is 9.85. The van der Waals surface area contributed by atoms with E-state index in [4.69, 9.17) is 4.52 Å². The second kappa shape index (κ2) is 5.66. The Hall–Kier alpha value is -0.980. The van der Waals surface area contributed by atoms with Crippen molar-refractivity contribution in [1.29, 1.82) is 0 Å². The first kappa shape index (κ1) is 14.9. The van der Waals surface area contributed by atoms with Crippen molar-refractivity contribution in [2.75, 3.05) is 39.8 Å². The number of nitrogens with one attached hydrogen (secondary N) is 1. The number of hydrogen-bond acceptors (Lipinski definition) is 6. The maximum atomic E-state index is 5.51. The number of piperazine rings is 3. The summed E-state index contributed by atoms with van der Waals surface area (Å²) in [6.07, 6.45) is 0.781. The topological polar surface area (TPSA) is 57.4 Å². The molecule has 3 fully saturated rings. The molecule has 21 heavy (non-hydrogen) atoms. The first-order valence-corrected chi connectivity index (χ1v) is 7.93. The zero-order chi connectivity index (χ0) is 15.0. The summed E-state index contributed by atoms with van der Waals surface area (Å²) in [7, 11) is 1.99. The fourth-order valence-corrected chi connectivity index (χ4v) is 3.36. The van der Waals surface area contributed by atoms with Crippen LogP contribution >= 0.6 is 0 Å². The van der Waals surface area contributed by atoms with Gasteiger partial charge in [0.05, 0.1) is 6.04 Å². The van der Waals surface area contributed by atoms with Crippen molar-refractivity contribution >= 4 is 0 Å². The molecule has 2 atom stereocenters. The molecule has 1 aromatic rings. The number of nitrogens with zero attached hydrogens (tertiary/aromatic N) is 4. The van der Waals surface area contributed by atoms with Gasteiger partial charge in [0, 0.05) is 45.2 Å². The summed E-state index contributed by atoms with van der Waals surface area (Å²) >= 11 is 0. The van der Waals surface area contributed by atoms with Crippen molar-refractivity contribution < 1.29 is 4.52 Å². The highest BCUT2D eigenvalue weighted by atomic mass is 16.5. The second-order valence-corrected chi connectivity index (χ2v) is 7.31. The Morgan fingerprint density at radius 2 is 2.00 bits per heavy atom. The highest BCUT2D eigenvalue weighted by molar-refractivity contribution is 5.02. The average molecular weight is 293 g/mol. The van der Waals surface area contributed by atoms with Crippen molar-refractivity contribution in [2.24, 2.45) is 5.41 Å². The summed E-state index contributed by atoms with van der Waals surface area (Å²) in [5, 5.41) is 7.61. The quantitative estimate of drug-likeness (QED) is 0.891. The number of likely N-dealkylation sites (N-methyl/N-ethyl adjacent to an activating group) is 1. The van der Waals surface area contributed by atoms with Gasteiger partial charge in [-0.15, -0.1) is 0 Å². The third-order valence-corrected chi connectivity index (χ3v) is 4.83. The summed E-state index contributed by atoms with van der Waals surface area (Å²) in [6, 6.07) is 0.644. The van der Waals surface area contributed by atoms with E-state index in [2.05, 4.69) is 46.0 Å². The highest BCUT2D eigenvalue weighted by Gasteiger charge is 2.36. The Kier molecular flexibility index (Phi) is 4.03. The number of rotatable bonds is 4. The van der Waals surface area contributed by atoms with Crippen molar-refractivity contribution in [3.63, 3.8) is 0 Å². The molecule has 3 aliphatic rings. The molecular weight excluding hydrogens is 266 g/mol. The lowest BCUT2D eigenvalue weighted by Gasteiger charge is -2.46. The van der Waals surface area contributed by atoms with E-state index in [0.717, 1.165) is 37.8 Å². The van der Waals surface area contributed by atoms with Crippen LogP contribution in [0.3, 0.4) is 0 Å². The Labute approximate surface area is 126 Å². The Bertz CT molecular complexity index is 473. The molecule has 6 nitrogen and oxygen atoms in total. The maximum absolute atomic E-state index is 5.51. The predicted molar refractivity (Wildman–Crippen MR) is 81.1 cm³/mol. The molecule has 2 bridgehead atoms. The molecular formula is C15H27N5O. The van der Waals surface area contributed by atoms with Gasteiger partial charge in [-0.2, -0.15) is 4.98 Å². The van der Waals surface area contributed by atoms with E-state index in [9.17, 15) is 0 Å². The molecule has 6 heteroatoms. The van der Waals surface area contributed by atoms with E-state index in [1.165, 1.54) is 13.1 Å². The highest BCUT2D eigenvalue weighted by Crippen LogP contribution is 2.27. The van der Waals surface area contributed by atoms with Crippen molar-refractivity contribution in [3.05, 3.63) is 11.7 Å². The molecule has 0 amide bonds. The molecule has 1 aromatic heterocycles. The van der Waals surface area contributed by atoms with Gasteiger partial charge in [0.2, 0.25) is 5.89 Å². The SMILES string of the molecule is CNC(Cc1nc(C2CN3CCN2CC3)no1)C(C)(C)C. The van der Waals surface area contributed by atoms with Crippen LogP contribution in [0.25, 0.3) is 0 Å². The normalized spacial score (nSPS) is 30.6. The lowest BCUT2D eigenvalue weighted by molar-refractivity contribution is 0.00781. The molecule has 0 saturated carbocycles. The maximum Gasteiger partial charge on any atom is 0.228 e. The zero-order valence-electron chi connectivity index (χ0n) is 13.6. The van der Waals surface area contributed by atoms with E-state index in [0.29, 0.717) is 12.1 Å². The molecule has 3 saturated heterocycles. The van der Waals surface area contributed by atoms with Crippen LogP contribution in [0.4, 0.5) is 0 Å². The van der Waals surface area contributed by atoms with E-state index in [-0.39, 0.29) is 5.41 Å². The predicted octanol–water partition coefficient (Wildman–Crippen LogP) is 0.919. The van der Waals surface area contributed by atoms with Crippen LogP contribution in [0.5, 0.6) is 0 Å². The largest absolute Gasteiger partial charge is 0.339 e. The fraction of sp³-hybridized carbons (Fsp3) is 0.867. The van der Waals surface area contributed by atoms with Crippen LogP contribution in [0.15, 0.2) is 4.52 Å². The van der Waals surface area contributed by atoms with Gasteiger partial charge in [0.1, 0.15) is 0 Å². The molecule has 0 spiro atoms. The summed E-state index contributed by atoms with van der Waals surface area (Å²) in [5.41, 5.74) is 0.169. The summed E-state index contributed by atoms with van der Waals surface area (Å²) in [6.45, 7) is 12.3. The Morgan fingerprint density at radius 3 is 2.52 bits per heavy atom. The average Bonchev–Trinajstić information content (AvgIpc) is 2.93. The van der Waals surface area contributed by atoms with E-state index >= 15 is 0 Å².